The van der Waals surface area contributed by atoms with E-state index in [0.29, 0.717) is 11.5 Å². The molecule has 0 fully saturated rings. The first-order chi connectivity index (χ1) is 8.20. The van der Waals surface area contributed by atoms with Crippen molar-refractivity contribution >= 4 is 5.91 Å². The van der Waals surface area contributed by atoms with Gasteiger partial charge in [-0.1, -0.05) is 51.3 Å². The predicted octanol–water partition coefficient (Wildman–Crippen LogP) is 3.86. The lowest BCUT2D eigenvalue weighted by atomic mass is 9.87. The van der Waals surface area contributed by atoms with E-state index in [4.69, 9.17) is 5.73 Å². The number of hydrogen-bond donors (Lipinski definition) is 1. The first kappa shape index (κ1) is 13.8. The molecule has 0 bridgehead atoms. The topological polar surface area (TPSA) is 43.1 Å². The van der Waals surface area contributed by atoms with Gasteiger partial charge in [0.25, 0.3) is 0 Å². The molecule has 0 aromatic heterocycles. The van der Waals surface area contributed by atoms with Crippen LogP contribution in [0.25, 0.3) is 0 Å². The van der Waals surface area contributed by atoms with E-state index in [2.05, 4.69) is 13.8 Å². The fourth-order valence-corrected chi connectivity index (χ4v) is 2.30. The van der Waals surface area contributed by atoms with Crippen LogP contribution in [0.1, 0.15) is 67.8 Å². The third-order valence-corrected chi connectivity index (χ3v) is 3.32. The van der Waals surface area contributed by atoms with E-state index in [1.54, 1.807) is 0 Å². The monoisotopic (exact) mass is 233 g/mol. The Balaban J connectivity index is 2.83. The Labute approximate surface area is 104 Å². The molecule has 0 saturated heterocycles. The zero-order valence-electron chi connectivity index (χ0n) is 10.9. The van der Waals surface area contributed by atoms with Gasteiger partial charge in [-0.05, 0) is 30.4 Å². The summed E-state index contributed by atoms with van der Waals surface area (Å²) in [6.07, 6.45) is 5.92. The maximum Gasteiger partial charge on any atom is 0.248 e. The van der Waals surface area contributed by atoms with Crippen LogP contribution < -0.4 is 5.73 Å². The van der Waals surface area contributed by atoms with Crippen LogP contribution >= 0.6 is 0 Å². The molecule has 0 radical (unpaired) electrons. The standard InChI is InChI=1S/C15H23NO/c1-3-5-6-9-12(4-2)13-10-7-8-11-14(13)15(16)17/h7-8,10-12H,3-6,9H2,1-2H3,(H2,16,17). The Morgan fingerprint density at radius 3 is 2.53 bits per heavy atom. The lowest BCUT2D eigenvalue weighted by Gasteiger charge is -2.17. The minimum absolute atomic E-state index is 0.311. The number of nitrogens with two attached hydrogens (primary N) is 1. The Kier molecular flexibility index (Phi) is 5.75. The number of rotatable bonds is 7. The molecule has 1 unspecified atom stereocenters. The van der Waals surface area contributed by atoms with Crippen molar-refractivity contribution in [1.82, 2.24) is 0 Å². The second-order valence-electron chi connectivity index (χ2n) is 4.55. The normalized spacial score (nSPS) is 12.4. The minimum atomic E-state index is -0.311. The highest BCUT2D eigenvalue weighted by atomic mass is 16.1. The smallest absolute Gasteiger partial charge is 0.248 e. The molecular formula is C15H23NO. The van der Waals surface area contributed by atoms with Gasteiger partial charge in [0.15, 0.2) is 0 Å². The second-order valence-corrected chi connectivity index (χ2v) is 4.55. The van der Waals surface area contributed by atoms with E-state index in [1.165, 1.54) is 19.3 Å². The molecule has 1 aromatic rings. The molecule has 1 rings (SSSR count). The summed E-state index contributed by atoms with van der Waals surface area (Å²) >= 11 is 0. The van der Waals surface area contributed by atoms with Gasteiger partial charge in [0.05, 0.1) is 0 Å². The van der Waals surface area contributed by atoms with E-state index in [9.17, 15) is 4.79 Å². The van der Waals surface area contributed by atoms with Crippen molar-refractivity contribution in [1.29, 1.82) is 0 Å². The number of hydrogen-bond acceptors (Lipinski definition) is 1. The number of carbonyl (C=O) groups is 1. The molecule has 94 valence electrons. The molecule has 1 aromatic carbocycles. The van der Waals surface area contributed by atoms with E-state index >= 15 is 0 Å². The van der Waals surface area contributed by atoms with Gasteiger partial charge >= 0.3 is 0 Å². The summed E-state index contributed by atoms with van der Waals surface area (Å²) in [5, 5.41) is 0. The quantitative estimate of drug-likeness (QED) is 0.714. The minimum Gasteiger partial charge on any atom is -0.366 e. The average Bonchev–Trinajstić information content (AvgIpc) is 2.35. The van der Waals surface area contributed by atoms with Crippen molar-refractivity contribution in [2.45, 2.75) is 51.9 Å². The third-order valence-electron chi connectivity index (χ3n) is 3.32. The SMILES string of the molecule is CCCCCC(CC)c1ccccc1C(N)=O. The van der Waals surface area contributed by atoms with Crippen LogP contribution in [0.15, 0.2) is 24.3 Å². The van der Waals surface area contributed by atoms with Gasteiger partial charge in [-0.2, -0.15) is 0 Å². The number of benzene rings is 1. The van der Waals surface area contributed by atoms with Crippen molar-refractivity contribution in [3.63, 3.8) is 0 Å². The average molecular weight is 233 g/mol. The van der Waals surface area contributed by atoms with Gasteiger partial charge in [-0.25, -0.2) is 0 Å². The van der Waals surface area contributed by atoms with Gasteiger partial charge in [0, 0.05) is 5.56 Å². The highest BCUT2D eigenvalue weighted by Crippen LogP contribution is 2.28. The molecule has 2 nitrogen and oxygen atoms in total. The zero-order chi connectivity index (χ0) is 12.7. The molecule has 0 spiro atoms. The summed E-state index contributed by atoms with van der Waals surface area (Å²) in [5.74, 6) is 0.153. The van der Waals surface area contributed by atoms with Crippen LogP contribution in [-0.2, 0) is 0 Å². The highest BCUT2D eigenvalue weighted by molar-refractivity contribution is 5.94. The molecule has 1 amide bonds. The predicted molar refractivity (Wildman–Crippen MR) is 72.1 cm³/mol. The Hall–Kier alpha value is -1.31. The van der Waals surface area contributed by atoms with E-state index in [0.717, 1.165) is 18.4 Å². The molecule has 2 heteroatoms. The van der Waals surface area contributed by atoms with Crippen molar-refractivity contribution in [2.75, 3.05) is 0 Å². The van der Waals surface area contributed by atoms with Crippen molar-refractivity contribution in [2.24, 2.45) is 5.73 Å². The Morgan fingerprint density at radius 1 is 1.24 bits per heavy atom. The molecule has 2 N–H and O–H groups in total. The van der Waals surface area contributed by atoms with Gasteiger partial charge < -0.3 is 5.73 Å². The third kappa shape index (κ3) is 3.88. The fourth-order valence-electron chi connectivity index (χ4n) is 2.30. The first-order valence-corrected chi connectivity index (χ1v) is 6.59. The number of amides is 1. The van der Waals surface area contributed by atoms with Crippen LogP contribution in [0.3, 0.4) is 0 Å². The van der Waals surface area contributed by atoms with Gasteiger partial charge in [-0.15, -0.1) is 0 Å². The fraction of sp³-hybridized carbons (Fsp3) is 0.533. The molecule has 0 aliphatic carbocycles. The maximum atomic E-state index is 11.4. The molecule has 17 heavy (non-hydrogen) atoms. The second kappa shape index (κ2) is 7.10. The molecule has 0 aliphatic rings. The molecule has 0 aliphatic heterocycles. The van der Waals surface area contributed by atoms with E-state index in [1.807, 2.05) is 24.3 Å². The Morgan fingerprint density at radius 2 is 1.94 bits per heavy atom. The van der Waals surface area contributed by atoms with Gasteiger partial charge in [0.1, 0.15) is 0 Å². The number of carbonyl (C=O) groups excluding carboxylic acids is 1. The number of primary amides is 1. The highest BCUT2D eigenvalue weighted by Gasteiger charge is 2.15. The van der Waals surface area contributed by atoms with Gasteiger partial charge in [-0.3, -0.25) is 4.79 Å². The molecule has 0 heterocycles. The van der Waals surface area contributed by atoms with Crippen molar-refractivity contribution in [3.8, 4) is 0 Å². The summed E-state index contributed by atoms with van der Waals surface area (Å²) < 4.78 is 0. The lowest BCUT2D eigenvalue weighted by molar-refractivity contribution is 0.0999. The molecule has 1 atom stereocenters. The van der Waals surface area contributed by atoms with Crippen LogP contribution in [-0.4, -0.2) is 5.91 Å². The molecule has 0 saturated carbocycles. The first-order valence-electron chi connectivity index (χ1n) is 6.59. The summed E-state index contributed by atoms with van der Waals surface area (Å²) in [6.45, 7) is 4.38. The summed E-state index contributed by atoms with van der Waals surface area (Å²) in [4.78, 5) is 11.4. The Bertz CT molecular complexity index is 360. The zero-order valence-corrected chi connectivity index (χ0v) is 10.9. The maximum absolute atomic E-state index is 11.4. The molecular weight excluding hydrogens is 210 g/mol. The summed E-state index contributed by atoms with van der Waals surface area (Å²) in [5.41, 5.74) is 7.24. The van der Waals surface area contributed by atoms with Crippen LogP contribution in [0.5, 0.6) is 0 Å². The van der Waals surface area contributed by atoms with Crippen LogP contribution in [0.2, 0.25) is 0 Å². The largest absolute Gasteiger partial charge is 0.366 e. The summed E-state index contributed by atoms with van der Waals surface area (Å²) in [7, 11) is 0. The summed E-state index contributed by atoms with van der Waals surface area (Å²) in [6, 6.07) is 7.74. The van der Waals surface area contributed by atoms with Crippen LogP contribution in [0.4, 0.5) is 0 Å². The van der Waals surface area contributed by atoms with E-state index < -0.39 is 0 Å². The number of unbranched alkanes of at least 4 members (excludes halogenated alkanes) is 2. The lowest BCUT2D eigenvalue weighted by Crippen LogP contribution is -2.15. The van der Waals surface area contributed by atoms with Crippen LogP contribution in [0, 0.1) is 0 Å². The van der Waals surface area contributed by atoms with Crippen molar-refractivity contribution in [3.05, 3.63) is 35.4 Å². The van der Waals surface area contributed by atoms with Gasteiger partial charge in [0.2, 0.25) is 5.91 Å². The van der Waals surface area contributed by atoms with E-state index in [-0.39, 0.29) is 5.91 Å². The van der Waals surface area contributed by atoms with Crippen molar-refractivity contribution < 1.29 is 4.79 Å².